The predicted molar refractivity (Wildman–Crippen MR) is 178 cm³/mol. The van der Waals surface area contributed by atoms with Crippen molar-refractivity contribution in [2.24, 2.45) is 10.2 Å². The van der Waals surface area contributed by atoms with Crippen LogP contribution in [0.25, 0.3) is 22.7 Å². The fourth-order valence-electron chi connectivity index (χ4n) is 5.17. The molecular weight excluding hydrogens is 643 g/mol. The molecule has 1 heterocycles. The summed E-state index contributed by atoms with van der Waals surface area (Å²) in [6, 6.07) is 49.1. The topological polar surface area (TPSA) is 84.6 Å². The van der Waals surface area contributed by atoms with Crippen molar-refractivity contribution in [3.05, 3.63) is 157 Å². The maximum atomic E-state index is 10.7. The third kappa shape index (κ3) is 5.68. The molecule has 5 nitrogen and oxygen atoms in total. The molecule has 0 saturated heterocycles. The molecule has 5 aromatic carbocycles. The van der Waals surface area contributed by atoms with E-state index >= 15 is 0 Å². The molecule has 0 atom stereocenters. The van der Waals surface area contributed by atoms with E-state index in [2.05, 4.69) is 88.0 Å². The molecule has 0 aliphatic rings. The van der Waals surface area contributed by atoms with Gasteiger partial charge in [0.25, 0.3) is 0 Å². The first-order valence-corrected chi connectivity index (χ1v) is 22.2. The second-order valence-electron chi connectivity index (χ2n) is 9.71. The van der Waals surface area contributed by atoms with E-state index in [0.717, 1.165) is 16.5 Å². The van der Waals surface area contributed by atoms with Crippen LogP contribution in [0, 0.1) is 5.41 Å². The summed E-state index contributed by atoms with van der Waals surface area (Å²) in [5.41, 5.74) is 2.86. The second-order valence-corrected chi connectivity index (χ2v) is 25.0. The van der Waals surface area contributed by atoms with E-state index in [-0.39, 0.29) is 11.0 Å². The summed E-state index contributed by atoms with van der Waals surface area (Å²) in [5, 5.41) is 30.0. The number of rotatable bonds is 7. The molecule has 42 heavy (non-hydrogen) atoms. The molecule has 0 radical (unpaired) electrons. The Bertz CT molecular complexity index is 1780. The van der Waals surface area contributed by atoms with Gasteiger partial charge in [0.15, 0.2) is 0 Å². The summed E-state index contributed by atoms with van der Waals surface area (Å²) in [7, 11) is 1.55. The number of para-hydroxylation sites is 1. The SMILES string of the molecule is N=C(N=N/C(=C\c1c(O)[nH]c2ccccc12)c1ccccc1)[S][Sn]([c]1ccccc1)([c]1ccccc1)[c]1ccccc1. The predicted octanol–water partition coefficient (Wildman–Crippen LogP) is 7.16. The van der Waals surface area contributed by atoms with Gasteiger partial charge in [0.1, 0.15) is 0 Å². The van der Waals surface area contributed by atoms with E-state index in [9.17, 15) is 5.11 Å². The van der Waals surface area contributed by atoms with Gasteiger partial charge in [-0.05, 0) is 0 Å². The van der Waals surface area contributed by atoms with Gasteiger partial charge in [0, 0.05) is 0 Å². The number of fused-ring (bicyclic) bond motifs is 1. The first-order chi connectivity index (χ1) is 20.6. The third-order valence-electron chi connectivity index (χ3n) is 7.12. The van der Waals surface area contributed by atoms with Crippen LogP contribution in [0.5, 0.6) is 5.88 Å². The molecule has 1 aromatic heterocycles. The number of azo groups is 1. The fourth-order valence-corrected chi connectivity index (χ4v) is 23.0. The molecular formula is C35H28N4OSSn. The van der Waals surface area contributed by atoms with Gasteiger partial charge in [0.05, 0.1) is 0 Å². The van der Waals surface area contributed by atoms with Crippen molar-refractivity contribution >= 4 is 64.5 Å². The molecule has 7 heteroatoms. The van der Waals surface area contributed by atoms with Crippen molar-refractivity contribution in [1.82, 2.24) is 4.98 Å². The summed E-state index contributed by atoms with van der Waals surface area (Å²) >= 11 is -3.82. The summed E-state index contributed by atoms with van der Waals surface area (Å²) in [6.07, 6.45) is 1.83. The molecule has 0 saturated carbocycles. The van der Waals surface area contributed by atoms with Gasteiger partial charge in [-0.25, -0.2) is 0 Å². The number of benzene rings is 5. The van der Waals surface area contributed by atoms with Crippen LogP contribution in [0.2, 0.25) is 0 Å². The Morgan fingerprint density at radius 2 is 1.12 bits per heavy atom. The van der Waals surface area contributed by atoms with Gasteiger partial charge in [-0.1, -0.05) is 0 Å². The van der Waals surface area contributed by atoms with Crippen LogP contribution in [-0.2, 0) is 0 Å². The van der Waals surface area contributed by atoms with Gasteiger partial charge >= 0.3 is 253 Å². The zero-order chi connectivity index (χ0) is 28.8. The average Bonchev–Trinajstić information content (AvgIpc) is 3.37. The summed E-state index contributed by atoms with van der Waals surface area (Å²) in [6.45, 7) is 0. The van der Waals surface area contributed by atoms with E-state index in [1.54, 1.807) is 8.95 Å². The number of aromatic amines is 1. The minimum atomic E-state index is -3.82. The van der Waals surface area contributed by atoms with Crippen molar-refractivity contribution in [3.63, 3.8) is 0 Å². The zero-order valence-electron chi connectivity index (χ0n) is 22.7. The average molecular weight is 671 g/mol. The van der Waals surface area contributed by atoms with Crippen molar-refractivity contribution in [3.8, 4) is 5.88 Å². The number of amidine groups is 1. The maximum absolute atomic E-state index is 10.7. The number of nitrogens with one attached hydrogen (secondary N) is 2. The second kappa shape index (κ2) is 12.6. The van der Waals surface area contributed by atoms with Crippen LogP contribution < -0.4 is 10.7 Å². The Hall–Kier alpha value is -4.40. The van der Waals surface area contributed by atoms with Crippen molar-refractivity contribution in [2.45, 2.75) is 0 Å². The van der Waals surface area contributed by atoms with Crippen LogP contribution in [0.1, 0.15) is 11.1 Å². The number of H-pyrrole nitrogens is 1. The van der Waals surface area contributed by atoms with Gasteiger partial charge in [-0.3, -0.25) is 0 Å². The first kappa shape index (κ1) is 27.8. The van der Waals surface area contributed by atoms with E-state index < -0.39 is 17.0 Å². The van der Waals surface area contributed by atoms with E-state index in [1.165, 1.54) is 10.7 Å². The Morgan fingerprint density at radius 3 is 1.67 bits per heavy atom. The molecule has 0 fully saturated rings. The Balaban J connectivity index is 1.44. The zero-order valence-corrected chi connectivity index (χ0v) is 26.4. The van der Waals surface area contributed by atoms with Crippen molar-refractivity contribution in [1.29, 1.82) is 5.41 Å². The van der Waals surface area contributed by atoms with Gasteiger partial charge in [-0.15, -0.1) is 0 Å². The molecule has 0 aliphatic carbocycles. The Kier molecular flexibility index (Phi) is 8.35. The van der Waals surface area contributed by atoms with E-state index in [0.29, 0.717) is 11.3 Å². The van der Waals surface area contributed by atoms with Crippen molar-refractivity contribution in [2.75, 3.05) is 0 Å². The molecule has 204 valence electrons. The number of aromatic hydroxyl groups is 1. The van der Waals surface area contributed by atoms with Crippen LogP contribution in [0.3, 0.4) is 0 Å². The number of aromatic nitrogens is 1. The minimum absolute atomic E-state index is 0.0664. The van der Waals surface area contributed by atoms with Crippen LogP contribution in [0.4, 0.5) is 0 Å². The fraction of sp³-hybridized carbons (Fsp3) is 0. The molecule has 0 amide bonds. The first-order valence-electron chi connectivity index (χ1n) is 13.6. The number of hydrogen-bond acceptors (Lipinski definition) is 4. The van der Waals surface area contributed by atoms with Crippen LogP contribution >= 0.6 is 8.95 Å². The van der Waals surface area contributed by atoms with Gasteiger partial charge < -0.3 is 0 Å². The van der Waals surface area contributed by atoms with E-state index in [1.807, 2.05) is 78.9 Å². The number of hydrogen-bond donors (Lipinski definition) is 3. The van der Waals surface area contributed by atoms with Gasteiger partial charge in [-0.2, -0.15) is 0 Å². The molecule has 6 aromatic rings. The standard InChI is InChI=1S/C17H14N4OS.3C6H5.Sn/c18-17(23)21-20-15(11-6-2-1-3-7-11)10-13-12-8-4-5-9-14(12)19-16(13)22;3*1-2-4-6-5-3-1;/h1-10,19,22H,(H2,18,23);3*1-5H;/q;;;;+1/p-1/b15-10-,21-20?;;;;. The Labute approximate surface area is 251 Å². The molecule has 0 bridgehead atoms. The van der Waals surface area contributed by atoms with Crippen molar-refractivity contribution < 1.29 is 5.11 Å². The normalized spacial score (nSPS) is 12.1. The quantitative estimate of drug-likeness (QED) is 0.0729. The monoisotopic (exact) mass is 672 g/mol. The summed E-state index contributed by atoms with van der Waals surface area (Å²) < 4.78 is 3.74. The molecule has 6 rings (SSSR count). The Morgan fingerprint density at radius 1 is 0.643 bits per heavy atom. The summed E-state index contributed by atoms with van der Waals surface area (Å²) in [4.78, 5) is 3.04. The molecule has 0 unspecified atom stereocenters. The third-order valence-corrected chi connectivity index (χ3v) is 26.5. The van der Waals surface area contributed by atoms with E-state index in [4.69, 9.17) is 5.41 Å². The number of nitrogens with zero attached hydrogens (tertiary/aromatic N) is 2. The van der Waals surface area contributed by atoms with Crippen LogP contribution in [-0.4, -0.2) is 32.3 Å². The summed E-state index contributed by atoms with van der Waals surface area (Å²) in [5.74, 6) is 0.0664. The molecule has 0 spiro atoms. The molecule has 0 aliphatic heterocycles. The molecule has 3 N–H and O–H groups in total. The van der Waals surface area contributed by atoms with Gasteiger partial charge in [0.2, 0.25) is 0 Å². The van der Waals surface area contributed by atoms with Crippen LogP contribution in [0.15, 0.2) is 156 Å².